The van der Waals surface area contributed by atoms with Gasteiger partial charge in [0.15, 0.2) is 0 Å². The lowest BCUT2D eigenvalue weighted by Crippen LogP contribution is -2.15. The molecule has 0 amide bonds. The average Bonchev–Trinajstić information content (AvgIpc) is 2.93. The highest BCUT2D eigenvalue weighted by Crippen LogP contribution is 2.38. The first kappa shape index (κ1) is 13.2. The first-order valence-electron chi connectivity index (χ1n) is 7.29. The van der Waals surface area contributed by atoms with Crippen LogP contribution in [0, 0.1) is 11.8 Å². The zero-order chi connectivity index (χ0) is 13.4. The summed E-state index contributed by atoms with van der Waals surface area (Å²) in [6.07, 6.45) is 3.74. The van der Waals surface area contributed by atoms with Gasteiger partial charge in [0.1, 0.15) is 5.82 Å². The molecule has 1 saturated carbocycles. The van der Waals surface area contributed by atoms with Crippen molar-refractivity contribution in [2.75, 3.05) is 0 Å². The Hall–Kier alpha value is -0.830. The monoisotopic (exact) mass is 320 g/mol. The molecule has 0 N–H and O–H groups in total. The molecule has 1 fully saturated rings. The molecule has 102 valence electrons. The summed E-state index contributed by atoms with van der Waals surface area (Å²) in [5, 5.41) is 0. The number of halogens is 1. The quantitative estimate of drug-likeness (QED) is 0.766. The standard InChI is InChI=1S/C16H21BrN2/c1-3-19-15-7-5-4-6-14(15)18-16(19)10-12-8-9-13(17)11(12)2/h4-7,11-13H,3,8-10H2,1-2H3. The van der Waals surface area contributed by atoms with Gasteiger partial charge in [-0.25, -0.2) is 4.98 Å². The van der Waals surface area contributed by atoms with Gasteiger partial charge in [-0.2, -0.15) is 0 Å². The minimum Gasteiger partial charge on any atom is -0.328 e. The molecule has 0 saturated heterocycles. The average molecular weight is 321 g/mol. The SMILES string of the molecule is CCn1c(CC2CCC(Br)C2C)nc2ccccc21. The van der Waals surface area contributed by atoms with Crippen molar-refractivity contribution in [3.8, 4) is 0 Å². The molecule has 0 spiro atoms. The fourth-order valence-corrected chi connectivity index (χ4v) is 4.05. The molecular weight excluding hydrogens is 300 g/mol. The van der Waals surface area contributed by atoms with Gasteiger partial charge in [-0.05, 0) is 43.7 Å². The molecule has 1 heterocycles. The van der Waals surface area contributed by atoms with Crippen molar-refractivity contribution >= 4 is 27.0 Å². The van der Waals surface area contributed by atoms with E-state index in [0.717, 1.165) is 30.3 Å². The minimum absolute atomic E-state index is 0.692. The van der Waals surface area contributed by atoms with E-state index in [2.05, 4.69) is 58.6 Å². The maximum Gasteiger partial charge on any atom is 0.110 e. The second kappa shape index (κ2) is 5.28. The molecule has 2 aromatic rings. The highest BCUT2D eigenvalue weighted by atomic mass is 79.9. The van der Waals surface area contributed by atoms with Gasteiger partial charge < -0.3 is 4.57 Å². The van der Waals surface area contributed by atoms with Crippen molar-refractivity contribution in [1.29, 1.82) is 0 Å². The molecule has 0 bridgehead atoms. The third-order valence-electron chi connectivity index (χ3n) is 4.62. The number of hydrogen-bond acceptors (Lipinski definition) is 1. The smallest absolute Gasteiger partial charge is 0.110 e. The Morgan fingerprint density at radius 2 is 2.11 bits per heavy atom. The number of aromatic nitrogens is 2. The van der Waals surface area contributed by atoms with E-state index in [1.165, 1.54) is 24.2 Å². The van der Waals surface area contributed by atoms with Crippen molar-refractivity contribution in [2.45, 2.75) is 44.5 Å². The summed E-state index contributed by atoms with van der Waals surface area (Å²) in [4.78, 5) is 5.55. The van der Waals surface area contributed by atoms with Gasteiger partial charge >= 0.3 is 0 Å². The van der Waals surface area contributed by atoms with E-state index < -0.39 is 0 Å². The van der Waals surface area contributed by atoms with Gasteiger partial charge in [-0.1, -0.05) is 35.0 Å². The molecule has 3 unspecified atom stereocenters. The second-order valence-electron chi connectivity index (χ2n) is 5.68. The van der Waals surface area contributed by atoms with Crippen molar-refractivity contribution in [1.82, 2.24) is 9.55 Å². The number of aryl methyl sites for hydroxylation is 1. The largest absolute Gasteiger partial charge is 0.328 e. The summed E-state index contributed by atoms with van der Waals surface area (Å²) < 4.78 is 2.38. The van der Waals surface area contributed by atoms with Crippen LogP contribution >= 0.6 is 15.9 Å². The molecule has 1 aliphatic rings. The third-order valence-corrected chi connectivity index (χ3v) is 5.91. The predicted molar refractivity (Wildman–Crippen MR) is 83.7 cm³/mol. The fourth-order valence-electron chi connectivity index (χ4n) is 3.35. The molecule has 3 heteroatoms. The lowest BCUT2D eigenvalue weighted by Gasteiger charge is -2.17. The molecule has 2 nitrogen and oxygen atoms in total. The van der Waals surface area contributed by atoms with Crippen molar-refractivity contribution in [2.24, 2.45) is 11.8 Å². The van der Waals surface area contributed by atoms with Crippen molar-refractivity contribution in [3.05, 3.63) is 30.1 Å². The first-order chi connectivity index (χ1) is 9.20. The summed E-state index contributed by atoms with van der Waals surface area (Å²) in [7, 11) is 0. The summed E-state index contributed by atoms with van der Waals surface area (Å²) in [6, 6.07) is 8.48. The molecule has 3 rings (SSSR count). The van der Waals surface area contributed by atoms with Crippen LogP contribution in [-0.4, -0.2) is 14.4 Å². The van der Waals surface area contributed by atoms with E-state index in [1.807, 2.05) is 0 Å². The molecule has 1 aromatic carbocycles. The molecule has 3 atom stereocenters. The third kappa shape index (κ3) is 2.33. The minimum atomic E-state index is 0.692. The Morgan fingerprint density at radius 3 is 2.79 bits per heavy atom. The Morgan fingerprint density at radius 1 is 1.32 bits per heavy atom. The predicted octanol–water partition coefficient (Wildman–Crippen LogP) is 4.41. The normalized spacial score (nSPS) is 27.2. The number of alkyl halides is 1. The van der Waals surface area contributed by atoms with Crippen LogP contribution in [0.1, 0.15) is 32.5 Å². The summed E-state index contributed by atoms with van der Waals surface area (Å²) in [6.45, 7) is 5.59. The van der Waals surface area contributed by atoms with E-state index in [-0.39, 0.29) is 0 Å². The van der Waals surface area contributed by atoms with Crippen LogP contribution in [0.15, 0.2) is 24.3 Å². The lowest BCUT2D eigenvalue weighted by molar-refractivity contribution is 0.409. The van der Waals surface area contributed by atoms with Gasteiger partial charge in [-0.3, -0.25) is 0 Å². The number of rotatable bonds is 3. The van der Waals surface area contributed by atoms with Crippen LogP contribution in [0.2, 0.25) is 0 Å². The van der Waals surface area contributed by atoms with E-state index in [0.29, 0.717) is 4.83 Å². The maximum atomic E-state index is 4.85. The van der Waals surface area contributed by atoms with Crippen LogP contribution in [0.3, 0.4) is 0 Å². The van der Waals surface area contributed by atoms with Gasteiger partial charge in [-0.15, -0.1) is 0 Å². The maximum absolute atomic E-state index is 4.85. The molecule has 0 aliphatic heterocycles. The van der Waals surface area contributed by atoms with E-state index >= 15 is 0 Å². The van der Waals surface area contributed by atoms with E-state index in [4.69, 9.17) is 4.98 Å². The van der Waals surface area contributed by atoms with Crippen molar-refractivity contribution in [3.63, 3.8) is 0 Å². The Balaban J connectivity index is 1.92. The van der Waals surface area contributed by atoms with Crippen molar-refractivity contribution < 1.29 is 0 Å². The van der Waals surface area contributed by atoms with Crippen LogP contribution in [-0.2, 0) is 13.0 Å². The Bertz CT molecular complexity index is 575. The number of hydrogen-bond donors (Lipinski definition) is 0. The zero-order valence-corrected chi connectivity index (χ0v) is 13.2. The number of nitrogens with zero attached hydrogens (tertiary/aromatic N) is 2. The van der Waals surface area contributed by atoms with Crippen LogP contribution in [0.25, 0.3) is 11.0 Å². The first-order valence-corrected chi connectivity index (χ1v) is 8.20. The van der Waals surface area contributed by atoms with E-state index in [9.17, 15) is 0 Å². The highest BCUT2D eigenvalue weighted by molar-refractivity contribution is 9.09. The summed E-state index contributed by atoms with van der Waals surface area (Å²) >= 11 is 3.80. The van der Waals surface area contributed by atoms with E-state index in [1.54, 1.807) is 0 Å². The van der Waals surface area contributed by atoms with Crippen LogP contribution < -0.4 is 0 Å². The fraction of sp³-hybridized carbons (Fsp3) is 0.562. The summed E-state index contributed by atoms with van der Waals surface area (Å²) in [5.41, 5.74) is 2.42. The van der Waals surface area contributed by atoms with Gasteiger partial charge in [0.25, 0.3) is 0 Å². The number of imidazole rings is 1. The zero-order valence-electron chi connectivity index (χ0n) is 11.6. The summed E-state index contributed by atoms with van der Waals surface area (Å²) in [5.74, 6) is 2.79. The molecule has 1 aliphatic carbocycles. The molecule has 1 aromatic heterocycles. The molecule has 19 heavy (non-hydrogen) atoms. The van der Waals surface area contributed by atoms with Gasteiger partial charge in [0, 0.05) is 17.8 Å². The van der Waals surface area contributed by atoms with Crippen LogP contribution in [0.5, 0.6) is 0 Å². The number of para-hydroxylation sites is 2. The highest BCUT2D eigenvalue weighted by Gasteiger charge is 2.32. The molecular formula is C16H21BrN2. The number of benzene rings is 1. The Kier molecular flexibility index (Phi) is 3.66. The van der Waals surface area contributed by atoms with Gasteiger partial charge in [0.2, 0.25) is 0 Å². The van der Waals surface area contributed by atoms with Crippen LogP contribution in [0.4, 0.5) is 0 Å². The Labute approximate surface area is 123 Å². The topological polar surface area (TPSA) is 17.8 Å². The number of fused-ring (bicyclic) bond motifs is 1. The van der Waals surface area contributed by atoms with Gasteiger partial charge in [0.05, 0.1) is 11.0 Å². The second-order valence-corrected chi connectivity index (χ2v) is 6.85. The molecule has 0 radical (unpaired) electrons. The lowest BCUT2D eigenvalue weighted by atomic mass is 9.94.